The van der Waals surface area contributed by atoms with Crippen LogP contribution in [-0.2, 0) is 23.7 Å². The van der Waals surface area contributed by atoms with Gasteiger partial charge in [-0.1, -0.05) is 63.2 Å². The Labute approximate surface area is 292 Å². The van der Waals surface area contributed by atoms with E-state index < -0.39 is 5.91 Å². The van der Waals surface area contributed by atoms with Gasteiger partial charge in [-0.3, -0.25) is 19.2 Å². The summed E-state index contributed by atoms with van der Waals surface area (Å²) in [6.07, 6.45) is 2.03. The third kappa shape index (κ3) is 8.29. The van der Waals surface area contributed by atoms with Crippen LogP contribution in [0.5, 0.6) is 0 Å². The Morgan fingerprint density at radius 2 is 1.57 bits per heavy atom. The maximum Gasteiger partial charge on any atom is 0.274 e. The van der Waals surface area contributed by atoms with Crippen LogP contribution in [0.3, 0.4) is 0 Å². The van der Waals surface area contributed by atoms with Gasteiger partial charge < -0.3 is 25.0 Å². The van der Waals surface area contributed by atoms with Gasteiger partial charge in [0, 0.05) is 62.7 Å². The number of likely N-dealkylation sites (N-methyl/N-ethyl adjacent to an activating group) is 1. The van der Waals surface area contributed by atoms with Crippen molar-refractivity contribution < 1.29 is 14.4 Å². The van der Waals surface area contributed by atoms with Crippen molar-refractivity contribution in [3.8, 4) is 11.1 Å². The minimum Gasteiger partial charge on any atom is -0.351 e. The molecule has 0 unspecified atom stereocenters. The molecule has 9 nitrogen and oxygen atoms in total. The van der Waals surface area contributed by atoms with E-state index in [4.69, 9.17) is 11.6 Å². The van der Waals surface area contributed by atoms with Crippen LogP contribution in [0.1, 0.15) is 58.2 Å². The van der Waals surface area contributed by atoms with Crippen molar-refractivity contribution in [1.82, 2.24) is 14.4 Å². The first-order valence-electron chi connectivity index (χ1n) is 16.4. The summed E-state index contributed by atoms with van der Waals surface area (Å²) >= 11 is 5.79. The Bertz CT molecular complexity index is 1940. The number of alkyl halides is 1. The standard InChI is InChI=1S/C39H44ClN5O4/c1-25-27(21-35(46)26-10-12-29(13-11-26)39(2,3)4)8-7-9-31(25)28-20-34(38(49)44(6)24-28)41-30-14-15-32(33(22-30)42-36(47)23-40)37(48)45-18-16-43(5)17-19-45/h7-15,20,22,24,41H,16-19,21,23H2,1-6H3,(H,42,47). The van der Waals surface area contributed by atoms with Gasteiger partial charge in [0.05, 0.1) is 11.3 Å². The number of halogens is 1. The third-order valence-corrected chi connectivity index (χ3v) is 9.32. The molecule has 2 amide bonds. The predicted octanol–water partition coefficient (Wildman–Crippen LogP) is 6.39. The normalized spacial score (nSPS) is 13.7. The number of Topliss-reactive ketones (excluding diaryl/α,β-unsaturated/α-hetero) is 1. The number of carbonyl (C=O) groups excluding carboxylic acids is 3. The van der Waals surface area contributed by atoms with Gasteiger partial charge in [-0.25, -0.2) is 0 Å². The summed E-state index contributed by atoms with van der Waals surface area (Å²) in [5.41, 5.74) is 6.64. The maximum atomic E-state index is 13.5. The van der Waals surface area contributed by atoms with E-state index in [0.717, 1.165) is 35.3 Å². The Morgan fingerprint density at radius 3 is 2.22 bits per heavy atom. The molecule has 5 rings (SSSR count). The molecule has 10 heteroatoms. The second-order valence-corrected chi connectivity index (χ2v) is 14.0. The molecule has 1 fully saturated rings. The zero-order chi connectivity index (χ0) is 35.5. The monoisotopic (exact) mass is 681 g/mol. The number of hydrogen-bond donors (Lipinski definition) is 2. The number of pyridine rings is 1. The summed E-state index contributed by atoms with van der Waals surface area (Å²) in [4.78, 5) is 56.3. The number of benzene rings is 3. The largest absolute Gasteiger partial charge is 0.351 e. The number of carbonyl (C=O) groups is 3. The van der Waals surface area contributed by atoms with Crippen molar-refractivity contribution >= 4 is 46.3 Å². The van der Waals surface area contributed by atoms with E-state index in [1.165, 1.54) is 10.1 Å². The molecular formula is C39H44ClN5O4. The molecule has 0 spiro atoms. The number of anilines is 3. The van der Waals surface area contributed by atoms with Crippen molar-refractivity contribution in [3.05, 3.63) is 111 Å². The fraction of sp³-hybridized carbons (Fsp3) is 0.333. The number of piperazine rings is 1. The summed E-state index contributed by atoms with van der Waals surface area (Å²) < 4.78 is 1.51. The molecule has 2 heterocycles. The summed E-state index contributed by atoms with van der Waals surface area (Å²) in [5.74, 6) is -0.858. The highest BCUT2D eigenvalue weighted by Gasteiger charge is 2.24. The van der Waals surface area contributed by atoms with Crippen LogP contribution in [-0.4, -0.2) is 71.1 Å². The molecule has 0 bridgehead atoms. The van der Waals surface area contributed by atoms with Crippen LogP contribution in [0.15, 0.2) is 77.7 Å². The highest BCUT2D eigenvalue weighted by atomic mass is 35.5. The molecule has 256 valence electrons. The summed E-state index contributed by atoms with van der Waals surface area (Å²) in [6, 6.07) is 20.5. The molecule has 0 atom stereocenters. The molecule has 4 aromatic rings. The van der Waals surface area contributed by atoms with Gasteiger partial charge in [-0.15, -0.1) is 11.6 Å². The van der Waals surface area contributed by atoms with Gasteiger partial charge in [-0.05, 0) is 65.9 Å². The molecule has 3 aromatic carbocycles. The number of rotatable bonds is 9. The lowest BCUT2D eigenvalue weighted by Gasteiger charge is -2.32. The van der Waals surface area contributed by atoms with E-state index in [2.05, 4.69) is 36.3 Å². The molecule has 1 aromatic heterocycles. The number of aromatic nitrogens is 1. The Kier molecular flexibility index (Phi) is 10.7. The van der Waals surface area contributed by atoms with Crippen molar-refractivity contribution in [1.29, 1.82) is 0 Å². The fourth-order valence-corrected chi connectivity index (χ4v) is 6.07. The van der Waals surface area contributed by atoms with E-state index in [1.54, 1.807) is 42.4 Å². The number of amides is 2. The van der Waals surface area contributed by atoms with Gasteiger partial charge in [0.15, 0.2) is 5.78 Å². The van der Waals surface area contributed by atoms with Gasteiger partial charge in [0.25, 0.3) is 11.5 Å². The first-order chi connectivity index (χ1) is 23.2. The second-order valence-electron chi connectivity index (χ2n) is 13.7. The first kappa shape index (κ1) is 35.6. The lowest BCUT2D eigenvalue weighted by Crippen LogP contribution is -2.47. The summed E-state index contributed by atoms with van der Waals surface area (Å²) in [5, 5.41) is 5.95. The molecule has 2 N–H and O–H groups in total. The van der Waals surface area contributed by atoms with Crippen LogP contribution >= 0.6 is 11.6 Å². The first-order valence-corrected chi connectivity index (χ1v) is 17.0. The number of ketones is 1. The van der Waals surface area contributed by atoms with Crippen LogP contribution in [0, 0.1) is 6.92 Å². The molecule has 1 aliphatic heterocycles. The lowest BCUT2D eigenvalue weighted by molar-refractivity contribution is -0.113. The molecular weight excluding hydrogens is 638 g/mol. The number of nitrogens with zero attached hydrogens (tertiary/aromatic N) is 3. The summed E-state index contributed by atoms with van der Waals surface area (Å²) in [7, 11) is 3.70. The number of hydrogen-bond acceptors (Lipinski definition) is 6. The van der Waals surface area contributed by atoms with E-state index in [-0.39, 0.29) is 35.0 Å². The highest BCUT2D eigenvalue weighted by molar-refractivity contribution is 6.29. The smallest absolute Gasteiger partial charge is 0.274 e. The van der Waals surface area contributed by atoms with Crippen molar-refractivity contribution in [3.63, 3.8) is 0 Å². The van der Waals surface area contributed by atoms with Crippen LogP contribution in [0.25, 0.3) is 11.1 Å². The van der Waals surface area contributed by atoms with Gasteiger partial charge in [0.2, 0.25) is 5.91 Å². The average molecular weight is 682 g/mol. The van der Waals surface area contributed by atoms with Crippen LogP contribution < -0.4 is 16.2 Å². The minimum absolute atomic E-state index is 0.00547. The molecule has 49 heavy (non-hydrogen) atoms. The Morgan fingerprint density at radius 1 is 0.878 bits per heavy atom. The third-order valence-electron chi connectivity index (χ3n) is 9.08. The van der Waals surface area contributed by atoms with Gasteiger partial charge in [0.1, 0.15) is 11.6 Å². The SMILES string of the molecule is Cc1c(CC(=O)c2ccc(C(C)(C)C)cc2)cccc1-c1cc(Nc2ccc(C(=O)N3CCN(C)CC3)c(NC(=O)CCl)c2)c(=O)n(C)c1. The zero-order valence-corrected chi connectivity index (χ0v) is 29.8. The van der Waals surface area contributed by atoms with E-state index >= 15 is 0 Å². The van der Waals surface area contributed by atoms with E-state index in [1.807, 2.05) is 56.4 Å². The van der Waals surface area contributed by atoms with Gasteiger partial charge >= 0.3 is 0 Å². The zero-order valence-electron chi connectivity index (χ0n) is 29.0. The topological polar surface area (TPSA) is 104 Å². The van der Waals surface area contributed by atoms with E-state index in [0.29, 0.717) is 41.3 Å². The quantitative estimate of drug-likeness (QED) is 0.157. The number of aryl methyl sites for hydroxylation is 1. The lowest BCUT2D eigenvalue weighted by atomic mass is 9.86. The predicted molar refractivity (Wildman–Crippen MR) is 198 cm³/mol. The highest BCUT2D eigenvalue weighted by Crippen LogP contribution is 2.30. The Balaban J connectivity index is 1.42. The van der Waals surface area contributed by atoms with Gasteiger partial charge in [-0.2, -0.15) is 0 Å². The van der Waals surface area contributed by atoms with E-state index in [9.17, 15) is 19.2 Å². The fourth-order valence-electron chi connectivity index (χ4n) is 6.00. The molecule has 0 saturated carbocycles. The average Bonchev–Trinajstić information content (AvgIpc) is 3.07. The Hall–Kier alpha value is -4.73. The summed E-state index contributed by atoms with van der Waals surface area (Å²) in [6.45, 7) is 11.1. The second kappa shape index (κ2) is 14.8. The molecule has 0 aliphatic carbocycles. The van der Waals surface area contributed by atoms with Crippen molar-refractivity contribution in [2.45, 2.75) is 39.5 Å². The minimum atomic E-state index is -0.445. The number of nitrogens with one attached hydrogen (secondary N) is 2. The van der Waals surface area contributed by atoms with Crippen LogP contribution in [0.2, 0.25) is 0 Å². The molecule has 1 saturated heterocycles. The molecule has 1 aliphatic rings. The van der Waals surface area contributed by atoms with Crippen molar-refractivity contribution in [2.24, 2.45) is 7.05 Å². The van der Waals surface area contributed by atoms with Crippen molar-refractivity contribution in [2.75, 3.05) is 49.7 Å². The molecule has 0 radical (unpaired) electrons. The van der Waals surface area contributed by atoms with Crippen LogP contribution in [0.4, 0.5) is 17.1 Å². The maximum absolute atomic E-state index is 13.5.